The highest BCUT2D eigenvalue weighted by molar-refractivity contribution is 7.99. The Balaban J connectivity index is 1.98. The molecule has 0 saturated carbocycles. The number of aryl methyl sites for hydroxylation is 1. The molecule has 1 saturated heterocycles. The molecule has 1 aliphatic heterocycles. The molecule has 0 aromatic heterocycles. The van der Waals surface area contributed by atoms with Crippen LogP contribution in [0.5, 0.6) is 0 Å². The number of carbonyl (C=O) groups is 1. The molecule has 1 aliphatic rings. The topological polar surface area (TPSA) is 32.3 Å². The number of hydrogen-bond donors (Lipinski definition) is 1. The van der Waals surface area contributed by atoms with Gasteiger partial charge in [0.25, 0.3) is 0 Å². The second-order valence-corrected chi connectivity index (χ2v) is 7.06. The Hall–Kier alpha value is -1.00. The van der Waals surface area contributed by atoms with Gasteiger partial charge in [0.05, 0.1) is 0 Å². The van der Waals surface area contributed by atoms with E-state index in [9.17, 15) is 4.79 Å². The van der Waals surface area contributed by atoms with Crippen molar-refractivity contribution in [3.8, 4) is 0 Å². The standard InChI is InChI=1S/C17H26N2OS/c1-4-13(2)17(20)18-16-6-5-15(11-14(16)3)12-19-7-9-21-10-8-19/h5-6,11,13H,4,7-10,12H2,1-3H3,(H,18,20). The summed E-state index contributed by atoms with van der Waals surface area (Å²) in [6, 6.07) is 6.39. The molecule has 116 valence electrons. The van der Waals surface area contributed by atoms with Gasteiger partial charge in [0.1, 0.15) is 0 Å². The lowest BCUT2D eigenvalue weighted by Crippen LogP contribution is -2.32. The summed E-state index contributed by atoms with van der Waals surface area (Å²) in [5, 5.41) is 3.04. The Kier molecular flexibility index (Phi) is 6.12. The second-order valence-electron chi connectivity index (χ2n) is 5.84. The first-order valence-corrected chi connectivity index (χ1v) is 8.96. The first-order valence-electron chi connectivity index (χ1n) is 7.80. The van der Waals surface area contributed by atoms with E-state index in [4.69, 9.17) is 0 Å². The number of carbonyl (C=O) groups excluding carboxylic acids is 1. The van der Waals surface area contributed by atoms with Gasteiger partial charge in [-0.1, -0.05) is 26.0 Å². The maximum atomic E-state index is 12.0. The molecule has 0 bridgehead atoms. The van der Waals surface area contributed by atoms with Gasteiger partial charge < -0.3 is 5.32 Å². The van der Waals surface area contributed by atoms with Gasteiger partial charge in [0.15, 0.2) is 0 Å². The molecule has 1 unspecified atom stereocenters. The predicted octanol–water partition coefficient (Wildman–Crippen LogP) is 3.53. The number of nitrogens with one attached hydrogen (secondary N) is 1. The molecule has 0 radical (unpaired) electrons. The first kappa shape index (κ1) is 16.4. The molecular weight excluding hydrogens is 280 g/mol. The van der Waals surface area contributed by atoms with Gasteiger partial charge in [-0.05, 0) is 30.5 Å². The zero-order chi connectivity index (χ0) is 15.2. The Morgan fingerprint density at radius 3 is 2.71 bits per heavy atom. The Morgan fingerprint density at radius 1 is 1.38 bits per heavy atom. The normalized spacial score (nSPS) is 17.5. The van der Waals surface area contributed by atoms with Crippen molar-refractivity contribution in [1.82, 2.24) is 4.90 Å². The first-order chi connectivity index (χ1) is 10.1. The maximum absolute atomic E-state index is 12.0. The summed E-state index contributed by atoms with van der Waals surface area (Å²) >= 11 is 2.04. The fourth-order valence-electron chi connectivity index (χ4n) is 2.42. The molecule has 4 heteroatoms. The third-order valence-corrected chi connectivity index (χ3v) is 5.06. The molecule has 21 heavy (non-hydrogen) atoms. The van der Waals surface area contributed by atoms with Gasteiger partial charge in [0.2, 0.25) is 5.91 Å². The van der Waals surface area contributed by atoms with E-state index in [0.29, 0.717) is 0 Å². The molecule has 1 amide bonds. The summed E-state index contributed by atoms with van der Waals surface area (Å²) in [5.41, 5.74) is 3.43. The monoisotopic (exact) mass is 306 g/mol. The van der Waals surface area contributed by atoms with Crippen molar-refractivity contribution < 1.29 is 4.79 Å². The van der Waals surface area contributed by atoms with Crippen LogP contribution in [0.25, 0.3) is 0 Å². The minimum atomic E-state index is 0.0647. The van der Waals surface area contributed by atoms with Crippen molar-refractivity contribution in [1.29, 1.82) is 0 Å². The third kappa shape index (κ3) is 4.75. The summed E-state index contributed by atoms with van der Waals surface area (Å²) in [5.74, 6) is 2.65. The van der Waals surface area contributed by atoms with Crippen molar-refractivity contribution in [2.24, 2.45) is 5.92 Å². The zero-order valence-corrected chi connectivity index (χ0v) is 14.1. The van der Waals surface area contributed by atoms with Crippen LogP contribution in [0.15, 0.2) is 18.2 Å². The lowest BCUT2D eigenvalue weighted by Gasteiger charge is -2.26. The molecule has 3 nitrogen and oxygen atoms in total. The number of anilines is 1. The average molecular weight is 306 g/mol. The Bertz CT molecular complexity index is 484. The molecule has 1 aromatic carbocycles. The summed E-state index contributed by atoms with van der Waals surface area (Å²) in [4.78, 5) is 14.5. The number of rotatable bonds is 5. The van der Waals surface area contributed by atoms with Crippen LogP contribution < -0.4 is 5.32 Å². The second kappa shape index (κ2) is 7.85. The van der Waals surface area contributed by atoms with Crippen LogP contribution in [0, 0.1) is 12.8 Å². The van der Waals surface area contributed by atoms with E-state index in [1.807, 2.05) is 31.7 Å². The smallest absolute Gasteiger partial charge is 0.227 e. The molecule has 1 fully saturated rings. The SMILES string of the molecule is CCC(C)C(=O)Nc1ccc(CN2CCSCC2)cc1C. The van der Waals surface area contributed by atoms with Crippen molar-refractivity contribution >= 4 is 23.4 Å². The fraction of sp³-hybridized carbons (Fsp3) is 0.588. The van der Waals surface area contributed by atoms with Crippen LogP contribution in [0.1, 0.15) is 31.4 Å². The van der Waals surface area contributed by atoms with Gasteiger partial charge >= 0.3 is 0 Å². The summed E-state index contributed by atoms with van der Waals surface area (Å²) < 4.78 is 0. The van der Waals surface area contributed by atoms with Crippen LogP contribution in [0.2, 0.25) is 0 Å². The van der Waals surface area contributed by atoms with E-state index in [0.717, 1.165) is 24.2 Å². The molecule has 1 N–H and O–H groups in total. The molecular formula is C17H26N2OS. The highest BCUT2D eigenvalue weighted by Gasteiger charge is 2.13. The molecule has 1 atom stereocenters. The van der Waals surface area contributed by atoms with Crippen molar-refractivity contribution in [2.75, 3.05) is 29.9 Å². The highest BCUT2D eigenvalue weighted by atomic mass is 32.2. The predicted molar refractivity (Wildman–Crippen MR) is 91.9 cm³/mol. The van der Waals surface area contributed by atoms with E-state index < -0.39 is 0 Å². The molecule has 2 rings (SSSR count). The summed E-state index contributed by atoms with van der Waals surface area (Å²) in [6.45, 7) is 9.44. The average Bonchev–Trinajstić information content (AvgIpc) is 2.50. The Labute approximate surface area is 132 Å². The largest absolute Gasteiger partial charge is 0.326 e. The van der Waals surface area contributed by atoms with E-state index in [-0.39, 0.29) is 11.8 Å². The van der Waals surface area contributed by atoms with E-state index in [1.165, 1.54) is 30.2 Å². The van der Waals surface area contributed by atoms with Crippen molar-refractivity contribution in [2.45, 2.75) is 33.7 Å². The van der Waals surface area contributed by atoms with E-state index in [2.05, 4.69) is 29.3 Å². The van der Waals surface area contributed by atoms with Crippen molar-refractivity contribution in [3.63, 3.8) is 0 Å². The Morgan fingerprint density at radius 2 is 2.10 bits per heavy atom. The maximum Gasteiger partial charge on any atom is 0.227 e. The van der Waals surface area contributed by atoms with Gasteiger partial charge in [0, 0.05) is 42.7 Å². The lowest BCUT2D eigenvalue weighted by atomic mass is 10.1. The van der Waals surface area contributed by atoms with Crippen LogP contribution in [0.4, 0.5) is 5.69 Å². The van der Waals surface area contributed by atoms with Crippen LogP contribution in [-0.2, 0) is 11.3 Å². The molecule has 0 aliphatic carbocycles. The zero-order valence-electron chi connectivity index (χ0n) is 13.3. The number of benzene rings is 1. The van der Waals surface area contributed by atoms with Crippen LogP contribution in [-0.4, -0.2) is 35.4 Å². The summed E-state index contributed by atoms with van der Waals surface area (Å²) in [6.07, 6.45) is 0.871. The number of hydrogen-bond acceptors (Lipinski definition) is 3. The van der Waals surface area contributed by atoms with Gasteiger partial charge in [-0.3, -0.25) is 9.69 Å². The summed E-state index contributed by atoms with van der Waals surface area (Å²) in [7, 11) is 0. The minimum absolute atomic E-state index is 0.0647. The third-order valence-electron chi connectivity index (χ3n) is 4.12. The molecule has 0 spiro atoms. The van der Waals surface area contributed by atoms with Crippen LogP contribution in [0.3, 0.4) is 0 Å². The van der Waals surface area contributed by atoms with Gasteiger partial charge in [-0.25, -0.2) is 0 Å². The lowest BCUT2D eigenvalue weighted by molar-refractivity contribution is -0.119. The van der Waals surface area contributed by atoms with E-state index >= 15 is 0 Å². The molecule has 1 aromatic rings. The highest BCUT2D eigenvalue weighted by Crippen LogP contribution is 2.20. The number of amides is 1. The minimum Gasteiger partial charge on any atom is -0.326 e. The van der Waals surface area contributed by atoms with Crippen molar-refractivity contribution in [3.05, 3.63) is 29.3 Å². The molecule has 1 heterocycles. The quantitative estimate of drug-likeness (QED) is 0.903. The number of nitrogens with zero attached hydrogens (tertiary/aromatic N) is 1. The van der Waals surface area contributed by atoms with E-state index in [1.54, 1.807) is 0 Å². The van der Waals surface area contributed by atoms with Gasteiger partial charge in [-0.2, -0.15) is 11.8 Å². The van der Waals surface area contributed by atoms with Gasteiger partial charge in [-0.15, -0.1) is 0 Å². The fourth-order valence-corrected chi connectivity index (χ4v) is 3.40. The van der Waals surface area contributed by atoms with Crippen LogP contribution >= 0.6 is 11.8 Å². The number of thioether (sulfide) groups is 1.